The number of nitrogens with two attached hydrogens (primary N) is 1. The van der Waals surface area contributed by atoms with Crippen molar-refractivity contribution in [1.82, 2.24) is 9.97 Å². The minimum atomic E-state index is 0.0995. The van der Waals surface area contributed by atoms with Crippen molar-refractivity contribution in [2.75, 3.05) is 0 Å². The first-order valence-corrected chi connectivity index (χ1v) is 6.65. The van der Waals surface area contributed by atoms with Crippen LogP contribution in [0, 0.1) is 12.3 Å². The van der Waals surface area contributed by atoms with Gasteiger partial charge in [-0.3, -0.25) is 0 Å². The molecular weight excluding hydrogens is 230 g/mol. The van der Waals surface area contributed by atoms with E-state index in [0.29, 0.717) is 0 Å². The third-order valence-electron chi connectivity index (χ3n) is 3.06. The zero-order chi connectivity index (χ0) is 12.6. The summed E-state index contributed by atoms with van der Waals surface area (Å²) < 4.78 is 0. The molecule has 2 heterocycles. The van der Waals surface area contributed by atoms with Gasteiger partial charge in [-0.1, -0.05) is 20.8 Å². The monoisotopic (exact) mass is 249 g/mol. The molecule has 2 aromatic rings. The van der Waals surface area contributed by atoms with Crippen LogP contribution in [0.3, 0.4) is 0 Å². The van der Waals surface area contributed by atoms with E-state index in [-0.39, 0.29) is 11.5 Å². The lowest BCUT2D eigenvalue weighted by molar-refractivity contribution is 0.317. The maximum Gasteiger partial charge on any atom is 0.127 e. The number of aryl methyl sites for hydroxylation is 1. The molecule has 17 heavy (non-hydrogen) atoms. The number of aromatic nitrogens is 2. The Morgan fingerprint density at radius 2 is 2.06 bits per heavy atom. The van der Waals surface area contributed by atoms with Crippen LogP contribution >= 0.6 is 11.3 Å². The Bertz CT molecular complexity index is 525. The van der Waals surface area contributed by atoms with E-state index in [4.69, 9.17) is 5.73 Å². The Balaban J connectivity index is 2.36. The second-order valence-corrected chi connectivity index (χ2v) is 6.81. The molecule has 0 bridgehead atoms. The number of fused-ring (bicyclic) bond motifs is 1. The van der Waals surface area contributed by atoms with Crippen LogP contribution in [-0.2, 0) is 6.42 Å². The van der Waals surface area contributed by atoms with Gasteiger partial charge in [0.1, 0.15) is 11.2 Å². The summed E-state index contributed by atoms with van der Waals surface area (Å²) in [5.41, 5.74) is 7.39. The van der Waals surface area contributed by atoms with Gasteiger partial charge in [-0.2, -0.15) is 0 Å². The quantitative estimate of drug-likeness (QED) is 0.890. The molecule has 1 atom stereocenters. The predicted molar refractivity (Wildman–Crippen MR) is 73.3 cm³/mol. The first kappa shape index (κ1) is 12.5. The molecule has 0 fully saturated rings. The summed E-state index contributed by atoms with van der Waals surface area (Å²) in [6, 6.07) is 2.27. The summed E-state index contributed by atoms with van der Waals surface area (Å²) >= 11 is 1.71. The van der Waals surface area contributed by atoms with Gasteiger partial charge in [0.15, 0.2) is 0 Å². The van der Waals surface area contributed by atoms with Gasteiger partial charge in [-0.25, -0.2) is 9.97 Å². The number of rotatable bonds is 2. The molecule has 0 aromatic carbocycles. The minimum Gasteiger partial charge on any atom is -0.327 e. The summed E-state index contributed by atoms with van der Waals surface area (Å²) in [4.78, 5) is 11.0. The van der Waals surface area contributed by atoms with Gasteiger partial charge in [0, 0.05) is 22.7 Å². The van der Waals surface area contributed by atoms with E-state index in [0.717, 1.165) is 22.3 Å². The van der Waals surface area contributed by atoms with E-state index in [1.165, 1.54) is 4.88 Å². The summed E-state index contributed by atoms with van der Waals surface area (Å²) in [6.07, 6.45) is 2.45. The fourth-order valence-electron chi connectivity index (χ4n) is 1.70. The van der Waals surface area contributed by atoms with Crippen molar-refractivity contribution in [3.05, 3.63) is 23.0 Å². The number of thiophene rings is 1. The van der Waals surface area contributed by atoms with Gasteiger partial charge >= 0.3 is 0 Å². The largest absolute Gasteiger partial charge is 0.327 e. The van der Waals surface area contributed by atoms with Crippen LogP contribution in [0.15, 0.2) is 12.4 Å². The molecule has 0 spiro atoms. The smallest absolute Gasteiger partial charge is 0.127 e. The molecule has 2 N–H and O–H groups in total. The second kappa shape index (κ2) is 4.35. The van der Waals surface area contributed by atoms with Crippen molar-refractivity contribution in [2.45, 2.75) is 40.2 Å². The summed E-state index contributed by atoms with van der Waals surface area (Å²) in [6.45, 7) is 8.58. The number of hydrogen-bond acceptors (Lipinski definition) is 4. The Morgan fingerprint density at radius 1 is 1.35 bits per heavy atom. The molecule has 92 valence electrons. The third-order valence-corrected chi connectivity index (χ3v) is 4.02. The highest BCUT2D eigenvalue weighted by atomic mass is 32.1. The van der Waals surface area contributed by atoms with Crippen molar-refractivity contribution in [3.63, 3.8) is 0 Å². The van der Waals surface area contributed by atoms with Crippen molar-refractivity contribution in [1.29, 1.82) is 0 Å². The summed E-state index contributed by atoms with van der Waals surface area (Å²) in [5.74, 6) is 0. The molecule has 2 rings (SSSR count). The van der Waals surface area contributed by atoms with E-state index in [1.54, 1.807) is 17.7 Å². The van der Waals surface area contributed by atoms with Crippen molar-refractivity contribution < 1.29 is 0 Å². The summed E-state index contributed by atoms with van der Waals surface area (Å²) in [7, 11) is 0. The minimum absolute atomic E-state index is 0.0995. The standard InChI is InChI=1S/C13H19N3S/c1-8-5-9-10(6-11(14)13(2,3)4)15-7-16-12(9)17-8/h5,7,11H,6,14H2,1-4H3. The normalized spacial score (nSPS) is 14.2. The highest BCUT2D eigenvalue weighted by molar-refractivity contribution is 7.18. The van der Waals surface area contributed by atoms with Crippen LogP contribution in [0.1, 0.15) is 31.3 Å². The Morgan fingerprint density at radius 3 is 2.71 bits per heavy atom. The van der Waals surface area contributed by atoms with E-state index in [2.05, 4.69) is 43.7 Å². The first-order valence-electron chi connectivity index (χ1n) is 5.83. The number of nitrogens with zero attached hydrogens (tertiary/aromatic N) is 2. The molecule has 1 unspecified atom stereocenters. The third kappa shape index (κ3) is 2.64. The van der Waals surface area contributed by atoms with Crippen molar-refractivity contribution >= 4 is 21.6 Å². The molecule has 0 aliphatic carbocycles. The molecule has 3 nitrogen and oxygen atoms in total. The molecule has 0 saturated heterocycles. The molecule has 0 aliphatic heterocycles. The van der Waals surface area contributed by atoms with Gasteiger partial charge in [-0.15, -0.1) is 11.3 Å². The lowest BCUT2D eigenvalue weighted by Gasteiger charge is -2.26. The average Bonchev–Trinajstić information content (AvgIpc) is 2.58. The van der Waals surface area contributed by atoms with Crippen molar-refractivity contribution in [3.8, 4) is 0 Å². The van der Waals surface area contributed by atoms with E-state index in [9.17, 15) is 0 Å². The van der Waals surface area contributed by atoms with Gasteiger partial charge in [0.2, 0.25) is 0 Å². The van der Waals surface area contributed by atoms with E-state index >= 15 is 0 Å². The van der Waals surface area contributed by atoms with Crippen LogP contribution in [0.5, 0.6) is 0 Å². The molecular formula is C13H19N3S. The molecule has 0 aliphatic rings. The van der Waals surface area contributed by atoms with Crippen LogP contribution in [0.25, 0.3) is 10.2 Å². The Kier molecular flexibility index (Phi) is 3.19. The molecule has 2 aromatic heterocycles. The molecule has 0 amide bonds. The first-order chi connectivity index (χ1) is 7.88. The zero-order valence-electron chi connectivity index (χ0n) is 10.8. The van der Waals surface area contributed by atoms with Gasteiger partial charge in [0.05, 0.1) is 5.69 Å². The molecule has 0 radical (unpaired) electrons. The highest BCUT2D eigenvalue weighted by Gasteiger charge is 2.22. The van der Waals surface area contributed by atoms with E-state index < -0.39 is 0 Å². The summed E-state index contributed by atoms with van der Waals surface area (Å²) in [5, 5.41) is 1.16. The lowest BCUT2D eigenvalue weighted by Crippen LogP contribution is -2.37. The average molecular weight is 249 g/mol. The number of hydrogen-bond donors (Lipinski definition) is 1. The van der Waals surface area contributed by atoms with Gasteiger partial charge < -0.3 is 5.73 Å². The predicted octanol–water partition coefficient (Wildman–Crippen LogP) is 2.92. The second-order valence-electron chi connectivity index (χ2n) is 5.57. The molecule has 0 saturated carbocycles. The van der Waals surface area contributed by atoms with Crippen LogP contribution < -0.4 is 5.73 Å². The van der Waals surface area contributed by atoms with Crippen LogP contribution in [0.4, 0.5) is 0 Å². The fraction of sp³-hybridized carbons (Fsp3) is 0.538. The maximum atomic E-state index is 6.22. The highest BCUT2D eigenvalue weighted by Crippen LogP contribution is 2.27. The van der Waals surface area contributed by atoms with Crippen molar-refractivity contribution in [2.24, 2.45) is 11.1 Å². The van der Waals surface area contributed by atoms with Crippen LogP contribution in [-0.4, -0.2) is 16.0 Å². The Labute approximate surface area is 106 Å². The van der Waals surface area contributed by atoms with Gasteiger partial charge in [0.25, 0.3) is 0 Å². The SMILES string of the molecule is Cc1cc2c(CC(N)C(C)(C)C)ncnc2s1. The fourth-order valence-corrected chi connectivity index (χ4v) is 2.57. The topological polar surface area (TPSA) is 51.8 Å². The Hall–Kier alpha value is -1.00. The van der Waals surface area contributed by atoms with Crippen LogP contribution in [0.2, 0.25) is 0 Å². The zero-order valence-corrected chi connectivity index (χ0v) is 11.6. The maximum absolute atomic E-state index is 6.22. The van der Waals surface area contributed by atoms with E-state index in [1.807, 2.05) is 0 Å². The van der Waals surface area contributed by atoms with Gasteiger partial charge in [-0.05, 0) is 18.4 Å². The lowest BCUT2D eigenvalue weighted by atomic mass is 9.84. The molecule has 4 heteroatoms.